The third-order valence-corrected chi connectivity index (χ3v) is 2.37. The number of carbonyl (C=O) groups is 3. The lowest BCUT2D eigenvalue weighted by molar-refractivity contribution is -0.148. The predicted octanol–water partition coefficient (Wildman–Crippen LogP) is 0.501. The number of benzene rings is 1. The van der Waals surface area contributed by atoms with E-state index in [1.165, 1.54) is 18.2 Å². The van der Waals surface area contributed by atoms with Crippen LogP contribution < -0.4 is 5.32 Å². The van der Waals surface area contributed by atoms with E-state index < -0.39 is 36.3 Å². The summed E-state index contributed by atoms with van der Waals surface area (Å²) in [5, 5.41) is 11.2. The molecular weight excluding hydrogens is 269 g/mol. The van der Waals surface area contributed by atoms with Crippen LogP contribution >= 0.6 is 0 Å². The number of esters is 1. The maximum atomic E-state index is 13.0. The van der Waals surface area contributed by atoms with Crippen molar-refractivity contribution in [3.8, 4) is 0 Å². The number of carboxylic acids is 1. The van der Waals surface area contributed by atoms with Crippen LogP contribution in [0.15, 0.2) is 24.3 Å². The second-order valence-electron chi connectivity index (χ2n) is 4.07. The molecule has 0 aliphatic heterocycles. The van der Waals surface area contributed by atoms with E-state index in [-0.39, 0.29) is 6.42 Å². The Kier molecular flexibility index (Phi) is 5.64. The van der Waals surface area contributed by atoms with Gasteiger partial charge in [-0.05, 0) is 17.7 Å². The van der Waals surface area contributed by atoms with Gasteiger partial charge in [-0.2, -0.15) is 0 Å². The summed E-state index contributed by atoms with van der Waals surface area (Å²) >= 11 is 0. The molecule has 7 heteroatoms. The van der Waals surface area contributed by atoms with E-state index in [1.807, 2.05) is 0 Å². The van der Waals surface area contributed by atoms with Crippen LogP contribution in [0.4, 0.5) is 4.39 Å². The van der Waals surface area contributed by atoms with Crippen molar-refractivity contribution in [3.05, 3.63) is 35.6 Å². The third kappa shape index (κ3) is 5.47. The molecule has 6 nitrogen and oxygen atoms in total. The first-order valence-corrected chi connectivity index (χ1v) is 5.78. The van der Waals surface area contributed by atoms with E-state index in [1.54, 1.807) is 6.07 Å². The molecule has 2 N–H and O–H groups in total. The normalized spacial score (nSPS) is 11.5. The molecule has 1 amide bonds. The van der Waals surface area contributed by atoms with Crippen LogP contribution in [0.25, 0.3) is 0 Å². The number of carbonyl (C=O) groups excluding carboxylic acids is 2. The fourth-order valence-electron chi connectivity index (χ4n) is 1.50. The molecule has 0 radical (unpaired) electrons. The van der Waals surface area contributed by atoms with Gasteiger partial charge in [0.25, 0.3) is 5.91 Å². The van der Waals surface area contributed by atoms with E-state index in [0.29, 0.717) is 5.56 Å². The minimum Gasteiger partial charge on any atom is -0.480 e. The first-order chi connectivity index (χ1) is 9.38. The first-order valence-electron chi connectivity index (χ1n) is 5.78. The standard InChI is InChI=1S/C13H14FNO5/c1-8(16)20-7-12(17)15-11(13(18)19)6-9-3-2-4-10(14)5-9/h2-5,11H,6-7H2,1H3,(H,15,17)(H,18,19)/t11-/m0/s1. The zero-order chi connectivity index (χ0) is 15.1. The molecule has 1 rings (SSSR count). The van der Waals surface area contributed by atoms with Crippen LogP contribution in [-0.2, 0) is 25.5 Å². The number of halogens is 1. The molecule has 0 saturated heterocycles. The van der Waals surface area contributed by atoms with E-state index in [4.69, 9.17) is 5.11 Å². The molecule has 0 bridgehead atoms. The number of ether oxygens (including phenoxy) is 1. The monoisotopic (exact) mass is 283 g/mol. The summed E-state index contributed by atoms with van der Waals surface area (Å²) in [5.74, 6) is -3.12. The van der Waals surface area contributed by atoms with Crippen LogP contribution in [-0.4, -0.2) is 35.6 Å². The molecular formula is C13H14FNO5. The predicted molar refractivity (Wildman–Crippen MR) is 66.3 cm³/mol. The van der Waals surface area contributed by atoms with Crippen molar-refractivity contribution in [1.82, 2.24) is 5.32 Å². The van der Waals surface area contributed by atoms with E-state index in [9.17, 15) is 18.8 Å². The summed E-state index contributed by atoms with van der Waals surface area (Å²) in [5.41, 5.74) is 0.435. The zero-order valence-electron chi connectivity index (χ0n) is 10.8. The van der Waals surface area contributed by atoms with E-state index >= 15 is 0 Å². The van der Waals surface area contributed by atoms with Crippen molar-refractivity contribution in [3.63, 3.8) is 0 Å². The van der Waals surface area contributed by atoms with Crippen molar-refractivity contribution in [1.29, 1.82) is 0 Å². The summed E-state index contributed by atoms with van der Waals surface area (Å²) in [6.45, 7) is 0.580. The molecule has 0 aromatic heterocycles. The quantitative estimate of drug-likeness (QED) is 0.742. The summed E-state index contributed by atoms with van der Waals surface area (Å²) < 4.78 is 17.4. The van der Waals surface area contributed by atoms with Gasteiger partial charge < -0.3 is 15.2 Å². The van der Waals surface area contributed by atoms with Gasteiger partial charge in [0, 0.05) is 13.3 Å². The van der Waals surface area contributed by atoms with Gasteiger partial charge in [-0.15, -0.1) is 0 Å². The average molecular weight is 283 g/mol. The SMILES string of the molecule is CC(=O)OCC(=O)N[C@@H](Cc1cccc(F)c1)C(=O)O. The number of hydrogen-bond acceptors (Lipinski definition) is 4. The van der Waals surface area contributed by atoms with Crippen LogP contribution in [0, 0.1) is 5.82 Å². The average Bonchev–Trinajstić information content (AvgIpc) is 2.35. The van der Waals surface area contributed by atoms with Gasteiger partial charge in [0.15, 0.2) is 6.61 Å². The number of rotatable bonds is 6. The van der Waals surface area contributed by atoms with E-state index in [0.717, 1.165) is 6.92 Å². The van der Waals surface area contributed by atoms with Crippen molar-refractivity contribution < 1.29 is 28.6 Å². The molecule has 0 aliphatic carbocycles. The molecule has 0 saturated carbocycles. The Bertz CT molecular complexity index is 517. The summed E-state index contributed by atoms with van der Waals surface area (Å²) in [6.07, 6.45) is -0.0705. The van der Waals surface area contributed by atoms with E-state index in [2.05, 4.69) is 10.1 Å². The molecule has 0 aliphatic rings. The Labute approximate surface area is 114 Å². The summed E-state index contributed by atoms with van der Waals surface area (Å²) in [7, 11) is 0. The molecule has 0 fully saturated rings. The highest BCUT2D eigenvalue weighted by Gasteiger charge is 2.20. The van der Waals surface area contributed by atoms with Crippen LogP contribution in [0.1, 0.15) is 12.5 Å². The van der Waals surface area contributed by atoms with Crippen LogP contribution in [0.2, 0.25) is 0 Å². The topological polar surface area (TPSA) is 92.7 Å². The second kappa shape index (κ2) is 7.22. The van der Waals surface area contributed by atoms with Gasteiger partial charge in [0.05, 0.1) is 0 Å². The van der Waals surface area contributed by atoms with Crippen LogP contribution in [0.3, 0.4) is 0 Å². The molecule has 20 heavy (non-hydrogen) atoms. The second-order valence-corrected chi connectivity index (χ2v) is 4.07. The Morgan fingerprint density at radius 2 is 2.10 bits per heavy atom. The Morgan fingerprint density at radius 1 is 1.40 bits per heavy atom. The van der Waals surface area contributed by atoms with Gasteiger partial charge in [0.1, 0.15) is 11.9 Å². The Balaban J connectivity index is 2.63. The fraction of sp³-hybridized carbons (Fsp3) is 0.308. The minimum atomic E-state index is -1.26. The maximum Gasteiger partial charge on any atom is 0.326 e. The number of amides is 1. The first kappa shape index (κ1) is 15.6. The molecule has 0 heterocycles. The lowest BCUT2D eigenvalue weighted by Gasteiger charge is -2.14. The fourth-order valence-corrected chi connectivity index (χ4v) is 1.50. The number of hydrogen-bond donors (Lipinski definition) is 2. The highest BCUT2D eigenvalue weighted by molar-refractivity contribution is 5.85. The van der Waals surface area contributed by atoms with Gasteiger partial charge >= 0.3 is 11.9 Å². The summed E-state index contributed by atoms with van der Waals surface area (Å²) in [4.78, 5) is 33.0. The van der Waals surface area contributed by atoms with Crippen molar-refractivity contribution in [2.45, 2.75) is 19.4 Å². The lowest BCUT2D eigenvalue weighted by atomic mass is 10.1. The van der Waals surface area contributed by atoms with Crippen molar-refractivity contribution in [2.24, 2.45) is 0 Å². The Hall–Kier alpha value is -2.44. The maximum absolute atomic E-state index is 13.0. The van der Waals surface area contributed by atoms with Crippen molar-refractivity contribution in [2.75, 3.05) is 6.61 Å². The molecule has 108 valence electrons. The zero-order valence-corrected chi connectivity index (χ0v) is 10.8. The number of aliphatic carboxylic acids is 1. The number of nitrogens with one attached hydrogen (secondary N) is 1. The number of carboxylic acid groups (broad SMARTS) is 1. The van der Waals surface area contributed by atoms with Gasteiger partial charge in [0.2, 0.25) is 0 Å². The van der Waals surface area contributed by atoms with Crippen molar-refractivity contribution >= 4 is 17.8 Å². The van der Waals surface area contributed by atoms with Gasteiger partial charge in [-0.3, -0.25) is 9.59 Å². The molecule has 1 atom stereocenters. The largest absolute Gasteiger partial charge is 0.480 e. The lowest BCUT2D eigenvalue weighted by Crippen LogP contribution is -2.44. The molecule has 1 aromatic rings. The van der Waals surface area contributed by atoms with Crippen LogP contribution in [0.5, 0.6) is 0 Å². The highest BCUT2D eigenvalue weighted by atomic mass is 19.1. The highest BCUT2D eigenvalue weighted by Crippen LogP contribution is 2.07. The van der Waals surface area contributed by atoms with Gasteiger partial charge in [-0.25, -0.2) is 9.18 Å². The minimum absolute atomic E-state index is 0.0705. The van der Waals surface area contributed by atoms with Gasteiger partial charge in [-0.1, -0.05) is 12.1 Å². The third-order valence-electron chi connectivity index (χ3n) is 2.37. The molecule has 1 aromatic carbocycles. The smallest absolute Gasteiger partial charge is 0.326 e. The molecule has 0 unspecified atom stereocenters. The molecule has 0 spiro atoms. The Morgan fingerprint density at radius 3 is 2.65 bits per heavy atom. The summed E-state index contributed by atoms with van der Waals surface area (Å²) in [6, 6.07) is 4.20.